The summed E-state index contributed by atoms with van der Waals surface area (Å²) in [6, 6.07) is 31.9. The monoisotopic (exact) mass is 585 g/mol. The van der Waals surface area contributed by atoms with Crippen LogP contribution in [0.4, 0.5) is 17.3 Å². The molecular formula is C34H31N7OS. The molecule has 0 fully saturated rings. The first-order chi connectivity index (χ1) is 21.1. The standard InChI is InChI=1S/C34H31N7OS/c35-20-28-27-11-5-7-13-31(27)41(33(28)36)21-23-14-16-26(17-15-23)42-22-25-10-4-6-12-29(25)37-34(43)38-32-19-18-30(39-40-32)24-8-2-1-3-9-24/h1-4,6,8-10,12,14-19H,5,7,11,13,21-22,36H2,(H2,37,38,40,43). The van der Waals surface area contributed by atoms with E-state index in [-0.39, 0.29) is 0 Å². The molecule has 214 valence electrons. The average molecular weight is 586 g/mol. The van der Waals surface area contributed by atoms with Gasteiger partial charge in [-0.3, -0.25) is 0 Å². The molecule has 3 aromatic carbocycles. The van der Waals surface area contributed by atoms with E-state index in [2.05, 4.69) is 31.5 Å². The molecule has 1 aliphatic carbocycles. The average Bonchev–Trinajstić information content (AvgIpc) is 3.32. The first-order valence-corrected chi connectivity index (χ1v) is 14.7. The van der Waals surface area contributed by atoms with Crippen molar-refractivity contribution in [3.8, 4) is 23.1 Å². The molecule has 8 nitrogen and oxygen atoms in total. The Balaban J connectivity index is 1.06. The van der Waals surface area contributed by atoms with Gasteiger partial charge in [0.2, 0.25) is 0 Å². The van der Waals surface area contributed by atoms with Gasteiger partial charge in [-0.05, 0) is 79.4 Å². The minimum Gasteiger partial charge on any atom is -0.489 e. The van der Waals surface area contributed by atoms with Gasteiger partial charge in [-0.2, -0.15) is 5.26 Å². The van der Waals surface area contributed by atoms with Gasteiger partial charge < -0.3 is 25.7 Å². The lowest BCUT2D eigenvalue weighted by molar-refractivity contribution is 0.307. The Bertz CT molecular complexity index is 1780. The normalized spacial score (nSPS) is 12.2. The van der Waals surface area contributed by atoms with Crippen LogP contribution in [0, 0.1) is 11.3 Å². The van der Waals surface area contributed by atoms with E-state index in [0.29, 0.717) is 35.5 Å². The first-order valence-electron chi connectivity index (χ1n) is 14.3. The minimum atomic E-state index is 0.361. The molecule has 0 atom stereocenters. The Morgan fingerprint density at radius 3 is 2.44 bits per heavy atom. The van der Waals surface area contributed by atoms with E-state index >= 15 is 0 Å². The highest BCUT2D eigenvalue weighted by molar-refractivity contribution is 7.80. The molecule has 4 N–H and O–H groups in total. The molecule has 6 rings (SSSR count). The maximum absolute atomic E-state index is 9.64. The van der Waals surface area contributed by atoms with Gasteiger partial charge in [-0.25, -0.2) is 0 Å². The topological polar surface area (TPSA) is 114 Å². The summed E-state index contributed by atoms with van der Waals surface area (Å²) in [5.41, 5.74) is 14.1. The summed E-state index contributed by atoms with van der Waals surface area (Å²) in [6.45, 7) is 0.993. The number of nitrogens with two attached hydrogens (primary N) is 1. The fourth-order valence-corrected chi connectivity index (χ4v) is 5.65. The first kappa shape index (κ1) is 27.9. The van der Waals surface area contributed by atoms with Crippen LogP contribution in [0.15, 0.2) is 91.0 Å². The van der Waals surface area contributed by atoms with E-state index < -0.39 is 0 Å². The lowest BCUT2D eigenvalue weighted by atomic mass is 9.95. The van der Waals surface area contributed by atoms with Gasteiger partial charge >= 0.3 is 0 Å². The number of para-hydroxylation sites is 1. The number of nitrogens with one attached hydrogen (secondary N) is 2. The van der Waals surface area contributed by atoms with Crippen LogP contribution in [0.2, 0.25) is 0 Å². The molecule has 0 saturated heterocycles. The van der Waals surface area contributed by atoms with Crippen molar-refractivity contribution < 1.29 is 4.74 Å². The second-order valence-corrected chi connectivity index (χ2v) is 10.8. The van der Waals surface area contributed by atoms with E-state index in [1.807, 2.05) is 91.0 Å². The summed E-state index contributed by atoms with van der Waals surface area (Å²) in [7, 11) is 0. The predicted molar refractivity (Wildman–Crippen MR) is 174 cm³/mol. The fraction of sp³-hybridized carbons (Fsp3) is 0.176. The molecule has 2 heterocycles. The molecule has 5 aromatic rings. The number of nitriles is 1. The third-order valence-electron chi connectivity index (χ3n) is 7.62. The number of nitrogens with zero attached hydrogens (tertiary/aromatic N) is 4. The number of hydrogen-bond donors (Lipinski definition) is 3. The SMILES string of the molecule is N#Cc1c2c(n(Cc3ccc(OCc4ccccc4NC(=S)Nc4ccc(-c5ccccc5)nn4)cc3)c1N)CCCC2. The maximum atomic E-state index is 9.64. The maximum Gasteiger partial charge on any atom is 0.176 e. The summed E-state index contributed by atoms with van der Waals surface area (Å²) in [6.07, 6.45) is 4.12. The van der Waals surface area contributed by atoms with Crippen molar-refractivity contribution >= 4 is 34.7 Å². The molecule has 1 aliphatic rings. The molecule has 2 aromatic heterocycles. The van der Waals surface area contributed by atoms with Crippen molar-refractivity contribution in [1.29, 1.82) is 5.26 Å². The van der Waals surface area contributed by atoms with Crippen LogP contribution >= 0.6 is 12.2 Å². The van der Waals surface area contributed by atoms with Crippen molar-refractivity contribution in [2.45, 2.75) is 38.8 Å². The second-order valence-electron chi connectivity index (χ2n) is 10.4. The predicted octanol–water partition coefficient (Wildman–Crippen LogP) is 6.71. The zero-order valence-electron chi connectivity index (χ0n) is 23.6. The molecule has 0 unspecified atom stereocenters. The molecule has 0 amide bonds. The van der Waals surface area contributed by atoms with Gasteiger partial charge in [-0.15, -0.1) is 10.2 Å². The number of fused-ring (bicyclic) bond motifs is 1. The minimum absolute atomic E-state index is 0.361. The molecule has 0 saturated carbocycles. The second kappa shape index (κ2) is 12.8. The van der Waals surface area contributed by atoms with Crippen molar-refractivity contribution in [1.82, 2.24) is 14.8 Å². The van der Waals surface area contributed by atoms with Gasteiger partial charge in [0.25, 0.3) is 0 Å². The number of anilines is 3. The molecule has 0 radical (unpaired) electrons. The zero-order chi connectivity index (χ0) is 29.6. The van der Waals surface area contributed by atoms with Crippen LogP contribution in [0.3, 0.4) is 0 Å². The molecule has 9 heteroatoms. The van der Waals surface area contributed by atoms with Crippen LogP contribution in [0.25, 0.3) is 11.3 Å². The van der Waals surface area contributed by atoms with Gasteiger partial charge in [0.05, 0.1) is 11.3 Å². The molecule has 0 aliphatic heterocycles. The van der Waals surface area contributed by atoms with Crippen LogP contribution < -0.4 is 21.1 Å². The highest BCUT2D eigenvalue weighted by atomic mass is 32.1. The quantitative estimate of drug-likeness (QED) is 0.172. The van der Waals surface area contributed by atoms with E-state index in [9.17, 15) is 5.26 Å². The summed E-state index contributed by atoms with van der Waals surface area (Å²) in [5, 5.41) is 25.0. The number of hydrogen-bond acceptors (Lipinski definition) is 6. The summed E-state index contributed by atoms with van der Waals surface area (Å²) in [4.78, 5) is 0. The van der Waals surface area contributed by atoms with Crippen molar-refractivity contribution in [3.05, 3.63) is 119 Å². The number of aromatic nitrogens is 3. The number of nitrogen functional groups attached to an aromatic ring is 1. The Morgan fingerprint density at radius 2 is 1.67 bits per heavy atom. The molecular weight excluding hydrogens is 554 g/mol. The highest BCUT2D eigenvalue weighted by Gasteiger charge is 2.23. The van der Waals surface area contributed by atoms with Crippen LogP contribution in [0.1, 0.15) is 40.8 Å². The van der Waals surface area contributed by atoms with Crippen LogP contribution in [0.5, 0.6) is 5.75 Å². The third-order valence-corrected chi connectivity index (χ3v) is 7.83. The van der Waals surface area contributed by atoms with Crippen molar-refractivity contribution in [2.24, 2.45) is 0 Å². The Labute approximate surface area is 256 Å². The molecule has 43 heavy (non-hydrogen) atoms. The van der Waals surface area contributed by atoms with E-state index in [4.69, 9.17) is 22.7 Å². The smallest absolute Gasteiger partial charge is 0.176 e. The van der Waals surface area contributed by atoms with Crippen LogP contribution in [-0.2, 0) is 26.0 Å². The number of benzene rings is 3. The van der Waals surface area contributed by atoms with E-state index in [0.717, 1.165) is 65.1 Å². The molecule has 0 bridgehead atoms. The summed E-state index contributed by atoms with van der Waals surface area (Å²) >= 11 is 5.55. The molecule has 0 spiro atoms. The third kappa shape index (κ3) is 6.35. The van der Waals surface area contributed by atoms with E-state index in [1.54, 1.807) is 0 Å². The fourth-order valence-electron chi connectivity index (χ4n) is 5.43. The van der Waals surface area contributed by atoms with Gasteiger partial charge in [0.15, 0.2) is 10.9 Å². The largest absolute Gasteiger partial charge is 0.489 e. The Morgan fingerprint density at radius 1 is 0.907 bits per heavy atom. The van der Waals surface area contributed by atoms with Gasteiger partial charge in [-0.1, -0.05) is 60.7 Å². The Hall–Kier alpha value is -5.20. The van der Waals surface area contributed by atoms with Crippen molar-refractivity contribution in [3.63, 3.8) is 0 Å². The van der Waals surface area contributed by atoms with Crippen molar-refractivity contribution in [2.75, 3.05) is 16.4 Å². The van der Waals surface area contributed by atoms with Gasteiger partial charge in [0, 0.05) is 29.1 Å². The zero-order valence-corrected chi connectivity index (χ0v) is 24.4. The Kier molecular flexibility index (Phi) is 8.29. The summed E-state index contributed by atoms with van der Waals surface area (Å²) < 4.78 is 8.23. The highest BCUT2D eigenvalue weighted by Crippen LogP contribution is 2.32. The summed E-state index contributed by atoms with van der Waals surface area (Å²) in [5.74, 6) is 1.88. The van der Waals surface area contributed by atoms with Gasteiger partial charge in [0.1, 0.15) is 24.2 Å². The lowest BCUT2D eigenvalue weighted by Crippen LogP contribution is -2.21. The number of thiocarbonyl (C=S) groups is 1. The number of ether oxygens (including phenoxy) is 1. The van der Waals surface area contributed by atoms with E-state index in [1.165, 1.54) is 5.69 Å². The number of rotatable bonds is 8. The van der Waals surface area contributed by atoms with Crippen LogP contribution in [-0.4, -0.2) is 19.9 Å². The lowest BCUT2D eigenvalue weighted by Gasteiger charge is -2.16.